The molecule has 2 rings (SSSR count). The van der Waals surface area contributed by atoms with E-state index in [-0.39, 0.29) is 18.1 Å². The van der Waals surface area contributed by atoms with Gasteiger partial charge in [0.15, 0.2) is 5.78 Å². The van der Waals surface area contributed by atoms with E-state index in [2.05, 4.69) is 5.32 Å². The van der Waals surface area contributed by atoms with Crippen LogP contribution in [0.3, 0.4) is 0 Å². The van der Waals surface area contributed by atoms with Crippen LogP contribution in [0.1, 0.15) is 21.5 Å². The topological polar surface area (TPSA) is 29.1 Å². The molecular formula is C16H16FNO. The molecule has 0 heterocycles. The van der Waals surface area contributed by atoms with Gasteiger partial charge in [0.25, 0.3) is 0 Å². The summed E-state index contributed by atoms with van der Waals surface area (Å²) in [5, 5.41) is 3.06. The number of rotatable bonds is 4. The van der Waals surface area contributed by atoms with Crippen LogP contribution < -0.4 is 5.32 Å². The Hall–Kier alpha value is -2.16. The van der Waals surface area contributed by atoms with Gasteiger partial charge in [-0.15, -0.1) is 0 Å². The van der Waals surface area contributed by atoms with Crippen molar-refractivity contribution in [1.82, 2.24) is 0 Å². The zero-order chi connectivity index (χ0) is 13.8. The van der Waals surface area contributed by atoms with Crippen LogP contribution >= 0.6 is 0 Å². The number of carbonyl (C=O) groups excluding carboxylic acids is 1. The SMILES string of the molecule is Cc1ccc(NCC(=O)c2ccc(F)c(C)c2)cc1. The molecule has 0 unspecified atom stereocenters. The maximum atomic E-state index is 13.1. The molecule has 2 aromatic carbocycles. The predicted molar refractivity (Wildman–Crippen MR) is 75.1 cm³/mol. The number of aryl methyl sites for hydroxylation is 2. The summed E-state index contributed by atoms with van der Waals surface area (Å²) in [6.45, 7) is 3.86. The number of Topliss-reactive ketones (excluding diaryl/α,β-unsaturated/α-hetero) is 1. The second-order valence-electron chi connectivity index (χ2n) is 4.61. The largest absolute Gasteiger partial charge is 0.378 e. The predicted octanol–water partition coefficient (Wildman–Crippen LogP) is 3.74. The summed E-state index contributed by atoms with van der Waals surface area (Å²) in [5.74, 6) is -0.341. The lowest BCUT2D eigenvalue weighted by Gasteiger charge is -2.07. The van der Waals surface area contributed by atoms with Gasteiger partial charge in [-0.25, -0.2) is 4.39 Å². The fourth-order valence-electron chi connectivity index (χ4n) is 1.77. The van der Waals surface area contributed by atoms with Crippen molar-refractivity contribution in [3.8, 4) is 0 Å². The van der Waals surface area contributed by atoms with Crippen LogP contribution in [0.5, 0.6) is 0 Å². The molecule has 0 saturated heterocycles. The molecule has 0 amide bonds. The van der Waals surface area contributed by atoms with E-state index in [0.717, 1.165) is 5.69 Å². The molecule has 0 spiro atoms. The van der Waals surface area contributed by atoms with Gasteiger partial charge in [-0.05, 0) is 49.7 Å². The Bertz CT molecular complexity index is 590. The Balaban J connectivity index is 2.01. The first-order valence-corrected chi connectivity index (χ1v) is 6.16. The maximum Gasteiger partial charge on any atom is 0.181 e. The van der Waals surface area contributed by atoms with Crippen molar-refractivity contribution in [3.05, 3.63) is 65.0 Å². The van der Waals surface area contributed by atoms with Crippen LogP contribution in [0.25, 0.3) is 0 Å². The summed E-state index contributed by atoms with van der Waals surface area (Å²) in [5.41, 5.74) is 3.09. The van der Waals surface area contributed by atoms with Crippen molar-refractivity contribution in [1.29, 1.82) is 0 Å². The lowest BCUT2D eigenvalue weighted by molar-refractivity contribution is 0.101. The van der Waals surface area contributed by atoms with Crippen LogP contribution in [0.15, 0.2) is 42.5 Å². The molecule has 0 fully saturated rings. The molecule has 0 aliphatic rings. The van der Waals surface area contributed by atoms with Gasteiger partial charge in [0.05, 0.1) is 6.54 Å². The van der Waals surface area contributed by atoms with Crippen molar-refractivity contribution in [3.63, 3.8) is 0 Å². The molecule has 0 aromatic heterocycles. The Morgan fingerprint density at radius 2 is 1.79 bits per heavy atom. The van der Waals surface area contributed by atoms with E-state index in [1.807, 2.05) is 31.2 Å². The average molecular weight is 257 g/mol. The Labute approximate surface area is 112 Å². The first-order chi connectivity index (χ1) is 9.06. The van der Waals surface area contributed by atoms with Crippen LogP contribution in [0.2, 0.25) is 0 Å². The van der Waals surface area contributed by atoms with E-state index < -0.39 is 0 Å². The third-order valence-electron chi connectivity index (χ3n) is 2.98. The molecule has 3 heteroatoms. The molecule has 19 heavy (non-hydrogen) atoms. The standard InChI is InChI=1S/C16H16FNO/c1-11-3-6-14(7-4-11)18-10-16(19)13-5-8-15(17)12(2)9-13/h3-9,18H,10H2,1-2H3. The molecule has 0 aliphatic carbocycles. The van der Waals surface area contributed by atoms with E-state index in [9.17, 15) is 9.18 Å². The van der Waals surface area contributed by atoms with Gasteiger partial charge in [-0.2, -0.15) is 0 Å². The highest BCUT2D eigenvalue weighted by molar-refractivity contribution is 5.99. The van der Waals surface area contributed by atoms with Gasteiger partial charge < -0.3 is 5.32 Å². The first-order valence-electron chi connectivity index (χ1n) is 6.16. The number of nitrogens with one attached hydrogen (secondary N) is 1. The van der Waals surface area contributed by atoms with E-state index in [4.69, 9.17) is 0 Å². The lowest BCUT2D eigenvalue weighted by Crippen LogP contribution is -2.14. The average Bonchev–Trinajstić information content (AvgIpc) is 2.41. The van der Waals surface area contributed by atoms with Crippen LogP contribution in [-0.4, -0.2) is 12.3 Å². The van der Waals surface area contributed by atoms with Gasteiger partial charge in [-0.3, -0.25) is 4.79 Å². The number of anilines is 1. The van der Waals surface area contributed by atoms with E-state index >= 15 is 0 Å². The molecule has 0 saturated carbocycles. The highest BCUT2D eigenvalue weighted by atomic mass is 19.1. The minimum atomic E-state index is -0.289. The fraction of sp³-hybridized carbons (Fsp3) is 0.188. The van der Waals surface area contributed by atoms with Crippen molar-refractivity contribution in [2.24, 2.45) is 0 Å². The van der Waals surface area contributed by atoms with E-state index in [1.54, 1.807) is 13.0 Å². The summed E-state index contributed by atoms with van der Waals surface area (Å²) in [6, 6.07) is 12.2. The third kappa shape index (κ3) is 3.41. The smallest absolute Gasteiger partial charge is 0.181 e. The van der Waals surface area contributed by atoms with Crippen molar-refractivity contribution in [2.75, 3.05) is 11.9 Å². The maximum absolute atomic E-state index is 13.1. The first kappa shape index (κ1) is 13.3. The summed E-state index contributed by atoms with van der Waals surface area (Å²) in [4.78, 5) is 12.0. The van der Waals surface area contributed by atoms with E-state index in [0.29, 0.717) is 11.1 Å². The monoisotopic (exact) mass is 257 g/mol. The summed E-state index contributed by atoms with van der Waals surface area (Å²) in [6.07, 6.45) is 0. The normalized spacial score (nSPS) is 10.3. The summed E-state index contributed by atoms with van der Waals surface area (Å²) >= 11 is 0. The quantitative estimate of drug-likeness (QED) is 0.845. The zero-order valence-electron chi connectivity index (χ0n) is 11.0. The Morgan fingerprint density at radius 1 is 1.11 bits per heavy atom. The second kappa shape index (κ2) is 5.65. The van der Waals surface area contributed by atoms with Crippen molar-refractivity contribution >= 4 is 11.5 Å². The highest BCUT2D eigenvalue weighted by Gasteiger charge is 2.07. The molecule has 0 aliphatic heterocycles. The van der Waals surface area contributed by atoms with Gasteiger partial charge in [-0.1, -0.05) is 17.7 Å². The fourth-order valence-corrected chi connectivity index (χ4v) is 1.77. The molecule has 0 bridgehead atoms. The van der Waals surface area contributed by atoms with Crippen molar-refractivity contribution < 1.29 is 9.18 Å². The molecule has 0 atom stereocenters. The lowest BCUT2D eigenvalue weighted by atomic mass is 10.1. The molecule has 2 aromatic rings. The van der Waals surface area contributed by atoms with E-state index in [1.165, 1.54) is 17.7 Å². The van der Waals surface area contributed by atoms with Gasteiger partial charge >= 0.3 is 0 Å². The number of hydrogen-bond acceptors (Lipinski definition) is 2. The van der Waals surface area contributed by atoms with Crippen molar-refractivity contribution in [2.45, 2.75) is 13.8 Å². The molecule has 0 radical (unpaired) electrons. The Morgan fingerprint density at radius 3 is 2.42 bits per heavy atom. The van der Waals surface area contributed by atoms with Crippen LogP contribution in [-0.2, 0) is 0 Å². The summed E-state index contributed by atoms with van der Waals surface area (Å²) < 4.78 is 13.1. The Kier molecular flexibility index (Phi) is 3.95. The van der Waals surface area contributed by atoms with Gasteiger partial charge in [0, 0.05) is 11.3 Å². The second-order valence-corrected chi connectivity index (χ2v) is 4.61. The zero-order valence-corrected chi connectivity index (χ0v) is 11.0. The molecule has 1 N–H and O–H groups in total. The minimum Gasteiger partial charge on any atom is -0.378 e. The molecular weight excluding hydrogens is 241 g/mol. The number of ketones is 1. The third-order valence-corrected chi connectivity index (χ3v) is 2.98. The number of halogens is 1. The van der Waals surface area contributed by atoms with Crippen LogP contribution in [0.4, 0.5) is 10.1 Å². The van der Waals surface area contributed by atoms with Gasteiger partial charge in [0.1, 0.15) is 5.82 Å². The summed E-state index contributed by atoms with van der Waals surface area (Å²) in [7, 11) is 0. The molecule has 2 nitrogen and oxygen atoms in total. The van der Waals surface area contributed by atoms with Crippen LogP contribution in [0, 0.1) is 19.7 Å². The number of carbonyl (C=O) groups is 1. The molecule has 98 valence electrons. The minimum absolute atomic E-state index is 0.0522. The highest BCUT2D eigenvalue weighted by Crippen LogP contribution is 2.11. The number of hydrogen-bond donors (Lipinski definition) is 1. The van der Waals surface area contributed by atoms with Gasteiger partial charge in [0.2, 0.25) is 0 Å². The number of benzene rings is 2.